The van der Waals surface area contributed by atoms with Gasteiger partial charge in [-0.15, -0.1) is 0 Å². The molecule has 1 N–H and O–H groups in total. The first-order valence-corrected chi connectivity index (χ1v) is 7.13. The quantitative estimate of drug-likeness (QED) is 0.655. The van der Waals surface area contributed by atoms with Crippen LogP contribution in [0.15, 0.2) is 29.4 Å². The third kappa shape index (κ3) is 2.55. The Morgan fingerprint density at radius 1 is 1.32 bits per heavy atom. The summed E-state index contributed by atoms with van der Waals surface area (Å²) < 4.78 is 0. The van der Waals surface area contributed by atoms with Crippen LogP contribution in [0.1, 0.15) is 41.6 Å². The minimum absolute atomic E-state index is 0.113. The summed E-state index contributed by atoms with van der Waals surface area (Å²) in [5, 5.41) is 4.16. The van der Waals surface area contributed by atoms with Crippen molar-refractivity contribution in [3.63, 3.8) is 0 Å². The van der Waals surface area contributed by atoms with E-state index in [9.17, 15) is 4.79 Å². The largest absolute Gasteiger partial charge is 0.271 e. The molecule has 19 heavy (non-hydrogen) atoms. The molecule has 2 fully saturated rings. The molecule has 0 aliphatic heterocycles. The number of fused-ring (bicyclic) bond motifs is 2. The van der Waals surface area contributed by atoms with Gasteiger partial charge in [0.2, 0.25) is 0 Å². The Morgan fingerprint density at radius 2 is 2.16 bits per heavy atom. The van der Waals surface area contributed by atoms with Crippen molar-refractivity contribution in [2.24, 2.45) is 22.9 Å². The van der Waals surface area contributed by atoms with Gasteiger partial charge in [-0.25, -0.2) is 5.43 Å². The van der Waals surface area contributed by atoms with E-state index >= 15 is 0 Å². The lowest BCUT2D eigenvalue weighted by molar-refractivity contribution is 0.0954. The Morgan fingerprint density at radius 3 is 2.84 bits per heavy atom. The van der Waals surface area contributed by atoms with Gasteiger partial charge in [0.25, 0.3) is 5.91 Å². The van der Waals surface area contributed by atoms with Crippen molar-refractivity contribution in [1.82, 2.24) is 5.43 Å². The maximum absolute atomic E-state index is 12.0. The Balaban J connectivity index is 1.58. The van der Waals surface area contributed by atoms with E-state index in [1.807, 2.05) is 37.4 Å². The molecule has 3 rings (SSSR count). The zero-order chi connectivity index (χ0) is 13.2. The monoisotopic (exact) mass is 256 g/mol. The minimum Gasteiger partial charge on any atom is -0.267 e. The number of amides is 1. The molecule has 3 nitrogen and oxygen atoms in total. The summed E-state index contributed by atoms with van der Waals surface area (Å²) in [5.41, 5.74) is 4.34. The number of carbonyl (C=O) groups is 1. The van der Waals surface area contributed by atoms with Crippen LogP contribution >= 0.6 is 0 Å². The van der Waals surface area contributed by atoms with Gasteiger partial charge < -0.3 is 0 Å². The molecule has 100 valence electrons. The number of carbonyl (C=O) groups excluding carboxylic acids is 1. The van der Waals surface area contributed by atoms with Gasteiger partial charge in [0.05, 0.1) is 0 Å². The summed E-state index contributed by atoms with van der Waals surface area (Å²) in [4.78, 5) is 12.0. The van der Waals surface area contributed by atoms with E-state index in [-0.39, 0.29) is 5.91 Å². The number of aryl methyl sites for hydroxylation is 1. The van der Waals surface area contributed by atoms with Gasteiger partial charge in [-0.05, 0) is 55.6 Å². The van der Waals surface area contributed by atoms with E-state index in [1.165, 1.54) is 25.7 Å². The molecule has 2 saturated carbocycles. The SMILES string of the molecule is Cc1ccccc1C(=O)NN=CC1CC2CCC1C2. The van der Waals surface area contributed by atoms with Crippen LogP contribution in [0, 0.1) is 24.7 Å². The molecule has 1 amide bonds. The summed E-state index contributed by atoms with van der Waals surface area (Å²) in [6.07, 6.45) is 7.31. The number of benzene rings is 1. The van der Waals surface area contributed by atoms with Gasteiger partial charge in [-0.1, -0.05) is 24.6 Å². The van der Waals surface area contributed by atoms with Gasteiger partial charge >= 0.3 is 0 Å². The molecule has 0 aromatic heterocycles. The molecule has 1 aromatic rings. The van der Waals surface area contributed by atoms with Crippen LogP contribution in [-0.2, 0) is 0 Å². The van der Waals surface area contributed by atoms with Gasteiger partial charge in [0, 0.05) is 11.8 Å². The Labute approximate surface area is 114 Å². The second-order valence-electron chi connectivity index (χ2n) is 5.87. The molecule has 2 bridgehead atoms. The molecule has 0 spiro atoms. The molecule has 2 aliphatic rings. The van der Waals surface area contributed by atoms with E-state index in [0.29, 0.717) is 11.5 Å². The van der Waals surface area contributed by atoms with Crippen LogP contribution in [0.3, 0.4) is 0 Å². The fraction of sp³-hybridized carbons (Fsp3) is 0.500. The number of hydrazone groups is 1. The lowest BCUT2D eigenvalue weighted by Gasteiger charge is -2.16. The van der Waals surface area contributed by atoms with Crippen LogP contribution in [0.25, 0.3) is 0 Å². The van der Waals surface area contributed by atoms with E-state index in [2.05, 4.69) is 10.5 Å². The van der Waals surface area contributed by atoms with Crippen LogP contribution in [0.4, 0.5) is 0 Å². The van der Waals surface area contributed by atoms with Crippen molar-refractivity contribution < 1.29 is 4.79 Å². The molecular weight excluding hydrogens is 236 g/mol. The van der Waals surface area contributed by atoms with Gasteiger partial charge in [0.1, 0.15) is 0 Å². The molecule has 3 atom stereocenters. The van der Waals surface area contributed by atoms with Crippen LogP contribution in [-0.4, -0.2) is 12.1 Å². The van der Waals surface area contributed by atoms with Crippen molar-refractivity contribution in [2.75, 3.05) is 0 Å². The normalized spacial score (nSPS) is 29.0. The summed E-state index contributed by atoms with van der Waals surface area (Å²) >= 11 is 0. The fourth-order valence-electron chi connectivity index (χ4n) is 3.56. The molecule has 0 radical (unpaired) electrons. The highest BCUT2D eigenvalue weighted by Crippen LogP contribution is 2.47. The van der Waals surface area contributed by atoms with E-state index in [1.54, 1.807) is 0 Å². The minimum atomic E-state index is -0.113. The third-order valence-electron chi connectivity index (χ3n) is 4.61. The van der Waals surface area contributed by atoms with E-state index in [4.69, 9.17) is 0 Å². The molecular formula is C16H20N2O. The summed E-state index contributed by atoms with van der Waals surface area (Å²) in [6, 6.07) is 7.58. The molecule has 2 aliphatic carbocycles. The van der Waals surface area contributed by atoms with Crippen molar-refractivity contribution >= 4 is 12.1 Å². The highest BCUT2D eigenvalue weighted by atomic mass is 16.2. The smallest absolute Gasteiger partial charge is 0.267 e. The Kier molecular flexibility index (Phi) is 3.36. The maximum Gasteiger partial charge on any atom is 0.271 e. The van der Waals surface area contributed by atoms with Crippen molar-refractivity contribution in [1.29, 1.82) is 0 Å². The second-order valence-corrected chi connectivity index (χ2v) is 5.87. The molecule has 3 heteroatoms. The number of hydrogen-bond donors (Lipinski definition) is 1. The van der Waals surface area contributed by atoms with Crippen LogP contribution in [0.5, 0.6) is 0 Å². The zero-order valence-corrected chi connectivity index (χ0v) is 11.3. The highest BCUT2D eigenvalue weighted by molar-refractivity contribution is 5.95. The van der Waals surface area contributed by atoms with E-state index in [0.717, 1.165) is 17.4 Å². The number of nitrogens with zero attached hydrogens (tertiary/aromatic N) is 1. The topological polar surface area (TPSA) is 41.5 Å². The zero-order valence-electron chi connectivity index (χ0n) is 11.3. The summed E-state index contributed by atoms with van der Waals surface area (Å²) in [5.74, 6) is 2.19. The third-order valence-corrected chi connectivity index (χ3v) is 4.61. The van der Waals surface area contributed by atoms with Crippen molar-refractivity contribution in [3.8, 4) is 0 Å². The molecule has 0 saturated heterocycles. The Bertz CT molecular complexity index is 509. The average Bonchev–Trinajstić information content (AvgIpc) is 3.01. The fourth-order valence-corrected chi connectivity index (χ4v) is 3.56. The maximum atomic E-state index is 12.0. The highest BCUT2D eigenvalue weighted by Gasteiger charge is 2.38. The Hall–Kier alpha value is -1.64. The molecule has 3 unspecified atom stereocenters. The lowest BCUT2D eigenvalue weighted by Crippen LogP contribution is -2.20. The van der Waals surface area contributed by atoms with Crippen molar-refractivity contribution in [3.05, 3.63) is 35.4 Å². The first-order valence-electron chi connectivity index (χ1n) is 7.13. The standard InChI is InChI=1S/C16H20N2O/c1-11-4-2-3-5-15(11)16(19)18-17-10-14-9-12-6-7-13(14)8-12/h2-5,10,12-14H,6-9H2,1H3,(H,18,19). The first-order chi connectivity index (χ1) is 9.24. The van der Waals surface area contributed by atoms with Gasteiger partial charge in [-0.2, -0.15) is 5.10 Å². The number of nitrogens with one attached hydrogen (secondary N) is 1. The number of rotatable bonds is 3. The van der Waals surface area contributed by atoms with Crippen LogP contribution < -0.4 is 5.43 Å². The van der Waals surface area contributed by atoms with Crippen LogP contribution in [0.2, 0.25) is 0 Å². The summed E-state index contributed by atoms with van der Waals surface area (Å²) in [7, 11) is 0. The summed E-state index contributed by atoms with van der Waals surface area (Å²) in [6.45, 7) is 1.94. The molecule has 0 heterocycles. The predicted octanol–water partition coefficient (Wildman–Crippen LogP) is 3.15. The van der Waals surface area contributed by atoms with E-state index < -0.39 is 0 Å². The van der Waals surface area contributed by atoms with Gasteiger partial charge in [0.15, 0.2) is 0 Å². The number of hydrogen-bond acceptors (Lipinski definition) is 2. The second kappa shape index (κ2) is 5.16. The predicted molar refractivity (Wildman–Crippen MR) is 76.1 cm³/mol. The van der Waals surface area contributed by atoms with Gasteiger partial charge in [-0.3, -0.25) is 4.79 Å². The average molecular weight is 256 g/mol. The lowest BCUT2D eigenvalue weighted by atomic mass is 9.90. The van der Waals surface area contributed by atoms with Crippen molar-refractivity contribution in [2.45, 2.75) is 32.6 Å². The first kappa shape index (κ1) is 12.4. The molecule has 1 aromatic carbocycles.